The van der Waals surface area contributed by atoms with Gasteiger partial charge in [0.15, 0.2) is 12.2 Å². The van der Waals surface area contributed by atoms with Crippen molar-refractivity contribution in [3.8, 4) is 0 Å². The predicted molar refractivity (Wildman–Crippen MR) is 275 cm³/mol. The summed E-state index contributed by atoms with van der Waals surface area (Å²) in [6.07, 6.45) is 23.4. The maximum absolute atomic E-state index is 12.8. The molecule has 0 aromatic carbocycles. The van der Waals surface area contributed by atoms with Gasteiger partial charge in [0, 0.05) is 25.7 Å². The number of esters is 4. The van der Waals surface area contributed by atoms with Gasteiger partial charge in [0.1, 0.15) is 19.3 Å². The van der Waals surface area contributed by atoms with E-state index in [9.17, 15) is 43.2 Å². The highest BCUT2D eigenvalue weighted by atomic mass is 31.2. The Morgan fingerprint density at radius 2 is 0.648 bits per heavy atom. The maximum Gasteiger partial charge on any atom is 0.472 e. The molecule has 5 atom stereocenters. The number of unbranched alkanes of at least 4 members (excludes halogenated alkanes) is 21. The summed E-state index contributed by atoms with van der Waals surface area (Å²) in [6, 6.07) is 0. The number of ether oxygens (including phenoxy) is 4. The Morgan fingerprint density at radius 1 is 0.380 bits per heavy atom. The fourth-order valence-corrected chi connectivity index (χ4v) is 8.99. The summed E-state index contributed by atoms with van der Waals surface area (Å²) in [4.78, 5) is 71.1. The molecule has 0 saturated heterocycles. The molecule has 420 valence electrons. The van der Waals surface area contributed by atoms with Gasteiger partial charge in [-0.3, -0.25) is 37.3 Å². The first-order chi connectivity index (χ1) is 33.9. The van der Waals surface area contributed by atoms with Gasteiger partial charge in [0.2, 0.25) is 0 Å². The molecule has 19 heteroatoms. The monoisotopic (exact) mass is 1060 g/mol. The van der Waals surface area contributed by atoms with Crippen molar-refractivity contribution in [3.63, 3.8) is 0 Å². The number of phosphoric ester groups is 2. The van der Waals surface area contributed by atoms with Crippen molar-refractivity contribution >= 4 is 39.5 Å². The van der Waals surface area contributed by atoms with E-state index in [1.807, 2.05) is 0 Å². The molecule has 0 bridgehead atoms. The van der Waals surface area contributed by atoms with Crippen molar-refractivity contribution in [3.05, 3.63) is 0 Å². The molecule has 71 heavy (non-hydrogen) atoms. The van der Waals surface area contributed by atoms with E-state index in [1.165, 1.54) is 44.9 Å². The van der Waals surface area contributed by atoms with Gasteiger partial charge in [-0.25, -0.2) is 9.13 Å². The van der Waals surface area contributed by atoms with Crippen molar-refractivity contribution in [2.75, 3.05) is 39.6 Å². The molecule has 0 aromatic heterocycles. The molecule has 0 rings (SSSR count). The second kappa shape index (κ2) is 45.5. The minimum absolute atomic E-state index is 0.0981. The highest BCUT2D eigenvalue weighted by Crippen LogP contribution is 2.45. The van der Waals surface area contributed by atoms with Crippen molar-refractivity contribution in [2.24, 2.45) is 11.8 Å². The molecule has 0 aliphatic heterocycles. The summed E-state index contributed by atoms with van der Waals surface area (Å²) >= 11 is 0. The molecule has 0 aromatic rings. The Balaban J connectivity index is 5.15. The number of rotatable bonds is 51. The quantitative estimate of drug-likeness (QED) is 0.0222. The van der Waals surface area contributed by atoms with Gasteiger partial charge in [-0.15, -0.1) is 0 Å². The third-order valence-corrected chi connectivity index (χ3v) is 13.6. The van der Waals surface area contributed by atoms with Gasteiger partial charge >= 0.3 is 39.5 Å². The molecule has 0 heterocycles. The summed E-state index contributed by atoms with van der Waals surface area (Å²) in [6.45, 7) is 9.10. The lowest BCUT2D eigenvalue weighted by molar-refractivity contribution is -0.161. The van der Waals surface area contributed by atoms with Gasteiger partial charge < -0.3 is 33.8 Å². The zero-order valence-electron chi connectivity index (χ0n) is 45.0. The molecule has 0 amide bonds. The molecule has 0 spiro atoms. The molecule has 2 unspecified atom stereocenters. The minimum atomic E-state index is -4.93. The fourth-order valence-electron chi connectivity index (χ4n) is 7.41. The molecular weight excluding hydrogens is 959 g/mol. The number of hydrogen-bond donors (Lipinski definition) is 3. The average molecular weight is 1060 g/mol. The smallest absolute Gasteiger partial charge is 0.462 e. The zero-order chi connectivity index (χ0) is 53.0. The van der Waals surface area contributed by atoms with Gasteiger partial charge in [-0.1, -0.05) is 189 Å². The molecule has 0 aliphatic carbocycles. The summed E-state index contributed by atoms with van der Waals surface area (Å²) in [5.41, 5.74) is 0. The molecular formula is C52H100O17P2. The van der Waals surface area contributed by atoms with Crippen LogP contribution >= 0.6 is 15.6 Å². The Bertz CT molecular complexity index is 1430. The third-order valence-electron chi connectivity index (χ3n) is 11.7. The van der Waals surface area contributed by atoms with Crippen molar-refractivity contribution in [1.29, 1.82) is 0 Å². The first kappa shape index (κ1) is 69.1. The summed E-state index contributed by atoms with van der Waals surface area (Å²) < 4.78 is 67.0. The lowest BCUT2D eigenvalue weighted by atomic mass is 10.0. The standard InChI is InChI=1S/C52H100O17P2/c1-7-9-11-20-28-34-49(54)62-40-47(68-51(56)36-30-21-12-10-8-2)42-66-70(58,59)64-38-46(53)39-65-71(60,61)67-43-48(41-63-50(55)35-29-24-19-18-23-27-33-45(5)6)69-52(57)37-31-25-17-15-13-14-16-22-26-32-44(3)4/h44-48,53H,7-43H2,1-6H3,(H,58,59)(H,60,61)/t46-,47+,48+/m0/s1. The van der Waals surface area contributed by atoms with Crippen LogP contribution in [0.15, 0.2) is 0 Å². The minimum Gasteiger partial charge on any atom is -0.462 e. The highest BCUT2D eigenvalue weighted by Gasteiger charge is 2.30. The van der Waals surface area contributed by atoms with Crippen LogP contribution in [-0.2, 0) is 65.4 Å². The van der Waals surface area contributed by atoms with Crippen molar-refractivity contribution in [2.45, 2.75) is 259 Å². The molecule has 0 saturated carbocycles. The number of hydrogen-bond acceptors (Lipinski definition) is 15. The molecule has 0 fully saturated rings. The summed E-state index contributed by atoms with van der Waals surface area (Å²) in [5.74, 6) is -0.760. The fraction of sp³-hybridized carbons (Fsp3) is 0.923. The normalized spacial score (nSPS) is 14.7. The van der Waals surface area contributed by atoms with E-state index in [0.29, 0.717) is 31.6 Å². The first-order valence-corrected chi connectivity index (χ1v) is 30.5. The second-order valence-corrected chi connectivity index (χ2v) is 22.8. The predicted octanol–water partition coefficient (Wildman–Crippen LogP) is 13.0. The van der Waals surface area contributed by atoms with Crippen LogP contribution in [0.2, 0.25) is 0 Å². The van der Waals surface area contributed by atoms with Crippen LogP contribution in [0.1, 0.15) is 241 Å². The van der Waals surface area contributed by atoms with Crippen LogP contribution in [0.4, 0.5) is 0 Å². The van der Waals surface area contributed by atoms with E-state index in [2.05, 4.69) is 41.5 Å². The highest BCUT2D eigenvalue weighted by molar-refractivity contribution is 7.47. The lowest BCUT2D eigenvalue weighted by Gasteiger charge is -2.21. The lowest BCUT2D eigenvalue weighted by Crippen LogP contribution is -2.30. The zero-order valence-corrected chi connectivity index (χ0v) is 46.8. The SMILES string of the molecule is CCCCCCCC(=O)OC[C@H](COP(=O)(O)OC[C@H](O)COP(=O)(O)OC[C@@H](COC(=O)CCCCCCCCC(C)C)OC(=O)CCCCCCCCCCCC(C)C)OC(=O)CCCCCCC. The Morgan fingerprint density at radius 3 is 0.958 bits per heavy atom. The second-order valence-electron chi connectivity index (χ2n) is 19.9. The van der Waals surface area contributed by atoms with Crippen LogP contribution in [0.3, 0.4) is 0 Å². The van der Waals surface area contributed by atoms with Crippen LogP contribution in [0.5, 0.6) is 0 Å². The third kappa shape index (κ3) is 47.5. The Labute approximate surface area is 428 Å². The summed E-state index contributed by atoms with van der Waals surface area (Å²) in [5, 5.41) is 10.4. The molecule has 0 aliphatic rings. The average Bonchev–Trinajstić information content (AvgIpc) is 3.31. The maximum atomic E-state index is 12.8. The van der Waals surface area contributed by atoms with Crippen molar-refractivity contribution in [1.82, 2.24) is 0 Å². The Hall–Kier alpha value is -1.94. The topological polar surface area (TPSA) is 237 Å². The van der Waals surface area contributed by atoms with Crippen LogP contribution < -0.4 is 0 Å². The molecule has 0 radical (unpaired) electrons. The van der Waals surface area contributed by atoms with Crippen LogP contribution in [0, 0.1) is 11.8 Å². The number of aliphatic hydroxyl groups excluding tert-OH is 1. The summed E-state index contributed by atoms with van der Waals surface area (Å²) in [7, 11) is -9.84. The molecule has 3 N–H and O–H groups in total. The van der Waals surface area contributed by atoms with E-state index in [4.69, 9.17) is 37.0 Å². The Kier molecular flexibility index (Phi) is 44.2. The first-order valence-electron chi connectivity index (χ1n) is 27.5. The van der Waals surface area contributed by atoms with Crippen molar-refractivity contribution < 1.29 is 80.2 Å². The number of carbonyl (C=O) groups is 4. The van der Waals surface area contributed by atoms with Crippen LogP contribution in [0.25, 0.3) is 0 Å². The number of phosphoric acid groups is 2. The largest absolute Gasteiger partial charge is 0.472 e. The van der Waals surface area contributed by atoms with Crippen LogP contribution in [-0.4, -0.2) is 96.7 Å². The van der Waals surface area contributed by atoms with E-state index in [1.54, 1.807) is 0 Å². The van der Waals surface area contributed by atoms with Gasteiger partial charge in [0.25, 0.3) is 0 Å². The van der Waals surface area contributed by atoms with E-state index in [-0.39, 0.29) is 25.7 Å². The van der Waals surface area contributed by atoms with Gasteiger partial charge in [0.05, 0.1) is 26.4 Å². The van der Waals surface area contributed by atoms with E-state index in [0.717, 1.165) is 109 Å². The van der Waals surface area contributed by atoms with E-state index < -0.39 is 97.5 Å². The number of carbonyl (C=O) groups excluding carboxylic acids is 4. The van der Waals surface area contributed by atoms with E-state index >= 15 is 0 Å². The molecule has 17 nitrogen and oxygen atoms in total. The van der Waals surface area contributed by atoms with Gasteiger partial charge in [-0.05, 0) is 37.5 Å². The number of aliphatic hydroxyl groups is 1. The van der Waals surface area contributed by atoms with Gasteiger partial charge in [-0.2, -0.15) is 0 Å².